The van der Waals surface area contributed by atoms with Crippen LogP contribution in [0.4, 0.5) is 0 Å². The van der Waals surface area contributed by atoms with Crippen LogP contribution >= 0.6 is 0 Å². The van der Waals surface area contributed by atoms with Crippen molar-refractivity contribution in [2.24, 2.45) is 11.7 Å². The molecule has 0 fully saturated rings. The molecule has 1 aromatic rings. The van der Waals surface area contributed by atoms with E-state index in [4.69, 9.17) is 5.73 Å². The minimum Gasteiger partial charge on any atom is -0.328 e. The van der Waals surface area contributed by atoms with E-state index < -0.39 is 0 Å². The van der Waals surface area contributed by atoms with E-state index in [0.717, 1.165) is 0 Å². The second kappa shape index (κ2) is 3.51. The van der Waals surface area contributed by atoms with Gasteiger partial charge >= 0.3 is 0 Å². The quantitative estimate of drug-likeness (QED) is 0.695. The number of hydrogen-bond acceptors (Lipinski definition) is 1. The summed E-state index contributed by atoms with van der Waals surface area (Å²) in [6, 6.07) is 9.08. The number of rotatable bonds is 1. The molecule has 13 heavy (non-hydrogen) atoms. The molecule has 0 amide bonds. The van der Waals surface area contributed by atoms with E-state index in [0.29, 0.717) is 12.0 Å². The van der Waals surface area contributed by atoms with Crippen LogP contribution in [0.3, 0.4) is 0 Å². The van der Waals surface area contributed by atoms with E-state index in [1.54, 1.807) is 0 Å². The second-order valence-electron chi connectivity index (χ2n) is 4.13. The van der Waals surface area contributed by atoms with E-state index in [2.05, 4.69) is 31.2 Å². The zero-order chi connectivity index (χ0) is 9.26. The molecule has 1 nitrogen and oxygen atoms in total. The van der Waals surface area contributed by atoms with Gasteiger partial charge in [-0.2, -0.15) is 0 Å². The Kier molecular flexibility index (Phi) is 2.36. The summed E-state index contributed by atoms with van der Waals surface area (Å²) in [6.45, 7) is 2.12. The van der Waals surface area contributed by atoms with Crippen molar-refractivity contribution < 1.29 is 0 Å². The first-order chi connectivity index (χ1) is 6.27. The van der Waals surface area contributed by atoms with Crippen molar-refractivity contribution in [3.63, 3.8) is 0 Å². The number of aryl methyl sites for hydroxylation is 1. The summed E-state index contributed by atoms with van der Waals surface area (Å²) in [7, 11) is 0. The minimum atomic E-state index is 0.341. The van der Waals surface area contributed by atoms with Crippen LogP contribution in [0.2, 0.25) is 0 Å². The molecular weight excluding hydrogens is 158 g/mol. The molecule has 0 saturated carbocycles. The van der Waals surface area contributed by atoms with Gasteiger partial charge in [-0.15, -0.1) is 0 Å². The topological polar surface area (TPSA) is 26.0 Å². The van der Waals surface area contributed by atoms with Gasteiger partial charge in [0.25, 0.3) is 0 Å². The van der Waals surface area contributed by atoms with E-state index in [1.165, 1.54) is 30.4 Å². The first-order valence-electron chi connectivity index (χ1n) is 5.09. The lowest BCUT2D eigenvalue weighted by atomic mass is 9.81. The number of fused-ring (bicyclic) bond motifs is 1. The average molecular weight is 175 g/mol. The third-order valence-corrected chi connectivity index (χ3v) is 3.13. The predicted molar refractivity (Wildman–Crippen MR) is 55.6 cm³/mol. The Morgan fingerprint density at radius 3 is 2.69 bits per heavy atom. The average Bonchev–Trinajstić information content (AvgIpc) is 2.17. The van der Waals surface area contributed by atoms with Gasteiger partial charge in [-0.3, -0.25) is 0 Å². The monoisotopic (exact) mass is 175 g/mol. The Morgan fingerprint density at radius 1 is 1.31 bits per heavy atom. The van der Waals surface area contributed by atoms with Gasteiger partial charge in [-0.05, 0) is 43.2 Å². The number of hydrogen-bond donors (Lipinski definition) is 1. The van der Waals surface area contributed by atoms with Gasteiger partial charge in [-0.1, -0.05) is 24.3 Å². The summed E-state index contributed by atoms with van der Waals surface area (Å²) < 4.78 is 0. The molecule has 2 rings (SSSR count). The van der Waals surface area contributed by atoms with E-state index in [9.17, 15) is 0 Å². The second-order valence-corrected chi connectivity index (χ2v) is 4.13. The molecule has 0 radical (unpaired) electrons. The van der Waals surface area contributed by atoms with Crippen molar-refractivity contribution >= 4 is 0 Å². The van der Waals surface area contributed by atoms with Crippen molar-refractivity contribution in [2.45, 2.75) is 32.2 Å². The highest BCUT2D eigenvalue weighted by Gasteiger charge is 2.20. The van der Waals surface area contributed by atoms with Gasteiger partial charge in [-0.25, -0.2) is 0 Å². The molecule has 1 aromatic carbocycles. The van der Waals surface area contributed by atoms with E-state index in [-0.39, 0.29) is 0 Å². The maximum absolute atomic E-state index is 5.92. The summed E-state index contributed by atoms with van der Waals surface area (Å²) in [6.07, 6.45) is 3.64. The predicted octanol–water partition coefficient (Wildman–Crippen LogP) is 2.14. The van der Waals surface area contributed by atoms with E-state index in [1.807, 2.05) is 0 Å². The maximum atomic E-state index is 5.92. The summed E-state index contributed by atoms with van der Waals surface area (Å²) in [5.74, 6) is 0.690. The van der Waals surface area contributed by atoms with Crippen LogP contribution < -0.4 is 5.73 Å². The van der Waals surface area contributed by atoms with Crippen LogP contribution in [0.5, 0.6) is 0 Å². The van der Waals surface area contributed by atoms with Gasteiger partial charge in [0, 0.05) is 6.04 Å². The van der Waals surface area contributed by atoms with Crippen LogP contribution in [0.15, 0.2) is 24.3 Å². The van der Waals surface area contributed by atoms with Crippen LogP contribution in [-0.2, 0) is 12.8 Å². The Balaban J connectivity index is 2.20. The van der Waals surface area contributed by atoms with Gasteiger partial charge in [0.2, 0.25) is 0 Å². The minimum absolute atomic E-state index is 0.341. The zero-order valence-corrected chi connectivity index (χ0v) is 8.16. The summed E-state index contributed by atoms with van der Waals surface area (Å²) in [4.78, 5) is 0. The van der Waals surface area contributed by atoms with Crippen LogP contribution in [-0.4, -0.2) is 6.04 Å². The van der Waals surface area contributed by atoms with Crippen molar-refractivity contribution in [1.29, 1.82) is 0 Å². The molecule has 0 bridgehead atoms. The molecular formula is C12H17N. The third kappa shape index (κ3) is 1.75. The molecule has 1 aliphatic rings. The van der Waals surface area contributed by atoms with Crippen LogP contribution in [0, 0.1) is 5.92 Å². The zero-order valence-electron chi connectivity index (χ0n) is 8.16. The highest BCUT2D eigenvalue weighted by Crippen LogP contribution is 2.26. The Labute approximate surface area is 80.0 Å². The molecule has 0 aromatic heterocycles. The molecule has 2 atom stereocenters. The maximum Gasteiger partial charge on any atom is 0.00420 e. The highest BCUT2D eigenvalue weighted by molar-refractivity contribution is 5.29. The fraction of sp³-hybridized carbons (Fsp3) is 0.500. The fourth-order valence-corrected chi connectivity index (χ4v) is 2.17. The molecule has 1 heteroatoms. The standard InChI is InChI=1S/C12H17N/c1-9(13)11-7-6-10-4-2-3-5-12(10)8-11/h2-5,9,11H,6-8,13H2,1H3/t9-,11?/m1/s1. The Hall–Kier alpha value is -0.820. The normalized spacial score (nSPS) is 23.7. The fourth-order valence-electron chi connectivity index (χ4n) is 2.17. The van der Waals surface area contributed by atoms with Gasteiger partial charge in [0.1, 0.15) is 0 Å². The van der Waals surface area contributed by atoms with Crippen molar-refractivity contribution in [1.82, 2.24) is 0 Å². The lowest BCUT2D eigenvalue weighted by molar-refractivity contribution is 0.393. The van der Waals surface area contributed by atoms with Crippen LogP contribution in [0.25, 0.3) is 0 Å². The molecule has 0 spiro atoms. The summed E-state index contributed by atoms with van der Waals surface area (Å²) in [5, 5.41) is 0. The molecule has 70 valence electrons. The van der Waals surface area contributed by atoms with Crippen molar-refractivity contribution in [3.8, 4) is 0 Å². The first-order valence-corrected chi connectivity index (χ1v) is 5.09. The van der Waals surface area contributed by atoms with Crippen molar-refractivity contribution in [2.75, 3.05) is 0 Å². The third-order valence-electron chi connectivity index (χ3n) is 3.13. The van der Waals surface area contributed by atoms with Gasteiger partial charge in [0.05, 0.1) is 0 Å². The molecule has 0 heterocycles. The number of benzene rings is 1. The molecule has 1 aliphatic carbocycles. The summed E-state index contributed by atoms with van der Waals surface area (Å²) >= 11 is 0. The van der Waals surface area contributed by atoms with Gasteiger partial charge < -0.3 is 5.73 Å². The highest BCUT2D eigenvalue weighted by atomic mass is 14.6. The molecule has 2 N–H and O–H groups in total. The SMILES string of the molecule is C[C@@H](N)C1CCc2ccccc2C1. The largest absolute Gasteiger partial charge is 0.328 e. The van der Waals surface area contributed by atoms with Crippen molar-refractivity contribution in [3.05, 3.63) is 35.4 Å². The molecule has 0 saturated heterocycles. The Bertz CT molecular complexity index is 291. The molecule has 1 unspecified atom stereocenters. The van der Waals surface area contributed by atoms with Gasteiger partial charge in [0.15, 0.2) is 0 Å². The van der Waals surface area contributed by atoms with Crippen LogP contribution in [0.1, 0.15) is 24.5 Å². The lowest BCUT2D eigenvalue weighted by Crippen LogP contribution is -2.31. The first kappa shape index (κ1) is 8.76. The molecule has 0 aliphatic heterocycles. The Morgan fingerprint density at radius 2 is 2.00 bits per heavy atom. The number of nitrogens with two attached hydrogens (primary N) is 1. The smallest absolute Gasteiger partial charge is 0.00420 e. The lowest BCUT2D eigenvalue weighted by Gasteiger charge is -2.27. The van der Waals surface area contributed by atoms with E-state index >= 15 is 0 Å². The summed E-state index contributed by atoms with van der Waals surface area (Å²) in [5.41, 5.74) is 8.96.